The second kappa shape index (κ2) is 7.19. The van der Waals surface area contributed by atoms with Gasteiger partial charge in [-0.05, 0) is 43.3 Å². The van der Waals surface area contributed by atoms with Crippen LogP contribution in [-0.2, 0) is 4.74 Å². The predicted molar refractivity (Wildman–Crippen MR) is 106 cm³/mol. The van der Waals surface area contributed by atoms with Crippen molar-refractivity contribution in [1.82, 2.24) is 4.98 Å². The molecule has 9 heteroatoms. The van der Waals surface area contributed by atoms with Gasteiger partial charge in [-0.25, -0.2) is 19.5 Å². The monoisotopic (exact) mass is 394 g/mol. The maximum absolute atomic E-state index is 12.6. The number of amides is 2. The molecule has 0 spiro atoms. The molecule has 0 atom stereocenters. The topological polar surface area (TPSA) is 130 Å². The fourth-order valence-corrected chi connectivity index (χ4v) is 3.06. The molecule has 4 rings (SSSR count). The van der Waals surface area contributed by atoms with E-state index in [9.17, 15) is 9.59 Å². The van der Waals surface area contributed by atoms with Crippen molar-refractivity contribution >= 4 is 40.1 Å². The van der Waals surface area contributed by atoms with Crippen molar-refractivity contribution in [3.8, 4) is 11.5 Å². The van der Waals surface area contributed by atoms with E-state index in [-0.39, 0.29) is 24.8 Å². The van der Waals surface area contributed by atoms with Crippen LogP contribution in [0.25, 0.3) is 10.9 Å². The quantitative estimate of drug-likeness (QED) is 0.514. The van der Waals surface area contributed by atoms with E-state index in [1.165, 1.54) is 0 Å². The summed E-state index contributed by atoms with van der Waals surface area (Å²) in [6, 6.07) is 10.6. The Hall–Kier alpha value is -4.01. The van der Waals surface area contributed by atoms with Gasteiger partial charge >= 0.3 is 12.0 Å². The van der Waals surface area contributed by atoms with E-state index >= 15 is 0 Å². The van der Waals surface area contributed by atoms with Gasteiger partial charge in [0.2, 0.25) is 6.79 Å². The number of esters is 1. The summed E-state index contributed by atoms with van der Waals surface area (Å²) in [5.74, 6) is 0.494. The molecule has 2 aromatic carbocycles. The van der Waals surface area contributed by atoms with Gasteiger partial charge in [0.25, 0.3) is 0 Å². The van der Waals surface area contributed by atoms with Crippen molar-refractivity contribution < 1.29 is 23.8 Å². The first-order valence-corrected chi connectivity index (χ1v) is 8.84. The molecule has 0 saturated carbocycles. The normalized spacial score (nSPS) is 12.0. The minimum absolute atomic E-state index is 0.0482. The molecular formula is C20H18N4O5. The maximum atomic E-state index is 12.6. The molecule has 1 aliphatic heterocycles. The van der Waals surface area contributed by atoms with Crippen LogP contribution in [0.15, 0.2) is 42.5 Å². The molecule has 29 heavy (non-hydrogen) atoms. The number of pyridine rings is 1. The average Bonchev–Trinajstić information content (AvgIpc) is 3.14. The number of rotatable bonds is 4. The molecule has 0 fully saturated rings. The fraction of sp³-hybridized carbons (Fsp3) is 0.150. The lowest BCUT2D eigenvalue weighted by atomic mass is 10.1. The molecule has 2 heterocycles. The molecule has 0 bridgehead atoms. The summed E-state index contributed by atoms with van der Waals surface area (Å²) in [6.45, 7) is 1.95. The van der Waals surface area contributed by atoms with E-state index in [0.717, 1.165) is 4.90 Å². The molecule has 9 nitrogen and oxygen atoms in total. The summed E-state index contributed by atoms with van der Waals surface area (Å²) in [6.07, 6.45) is 0. The highest BCUT2D eigenvalue weighted by Gasteiger charge is 2.26. The lowest BCUT2D eigenvalue weighted by Crippen LogP contribution is -2.33. The summed E-state index contributed by atoms with van der Waals surface area (Å²) in [4.78, 5) is 30.6. The molecule has 1 aliphatic rings. The number of ether oxygens (including phenoxy) is 3. The third-order valence-electron chi connectivity index (χ3n) is 4.37. The summed E-state index contributed by atoms with van der Waals surface area (Å²) in [5, 5.41) is 0.628. The van der Waals surface area contributed by atoms with Crippen LogP contribution in [0.5, 0.6) is 11.5 Å². The van der Waals surface area contributed by atoms with Crippen molar-refractivity contribution in [2.45, 2.75) is 6.92 Å². The van der Waals surface area contributed by atoms with Crippen LogP contribution < -0.4 is 25.8 Å². The van der Waals surface area contributed by atoms with Gasteiger partial charge in [-0.1, -0.05) is 0 Å². The Morgan fingerprint density at radius 1 is 1.14 bits per heavy atom. The standard InChI is InChI=1S/C20H18N4O5/c1-2-27-19(25)14-7-11-8-16-17(29-10-28-16)9-15(11)23-18(14)24(20(22)26)13-5-3-12(21)4-6-13/h3-9H,2,10,21H2,1H3,(H2,22,26). The van der Waals surface area contributed by atoms with E-state index in [1.807, 2.05) is 0 Å². The van der Waals surface area contributed by atoms with Gasteiger partial charge in [0, 0.05) is 17.1 Å². The zero-order valence-electron chi connectivity index (χ0n) is 15.5. The summed E-state index contributed by atoms with van der Waals surface area (Å²) < 4.78 is 15.9. The van der Waals surface area contributed by atoms with Crippen molar-refractivity contribution in [3.05, 3.63) is 48.0 Å². The number of carbonyl (C=O) groups excluding carboxylic acids is 2. The Kier molecular flexibility index (Phi) is 4.55. The van der Waals surface area contributed by atoms with Crippen molar-refractivity contribution in [3.63, 3.8) is 0 Å². The van der Waals surface area contributed by atoms with Gasteiger partial charge < -0.3 is 25.7 Å². The third-order valence-corrected chi connectivity index (χ3v) is 4.37. The first kappa shape index (κ1) is 18.4. The van der Waals surface area contributed by atoms with E-state index in [1.54, 1.807) is 49.4 Å². The largest absolute Gasteiger partial charge is 0.462 e. The molecule has 148 valence electrons. The minimum atomic E-state index is -0.812. The third kappa shape index (κ3) is 3.33. The Balaban J connectivity index is 1.94. The predicted octanol–water partition coefficient (Wildman–Crippen LogP) is 2.94. The van der Waals surface area contributed by atoms with Crippen LogP contribution in [0, 0.1) is 0 Å². The first-order valence-electron chi connectivity index (χ1n) is 8.84. The van der Waals surface area contributed by atoms with Gasteiger partial charge in [-0.3, -0.25) is 0 Å². The summed E-state index contributed by atoms with van der Waals surface area (Å²) in [5.41, 5.74) is 12.9. The van der Waals surface area contributed by atoms with Crippen molar-refractivity contribution in [1.29, 1.82) is 0 Å². The molecule has 3 aromatic rings. The molecular weight excluding hydrogens is 376 g/mol. The molecule has 0 aliphatic carbocycles. The van der Waals surface area contributed by atoms with Crippen LogP contribution in [0.1, 0.15) is 17.3 Å². The number of nitrogen functional groups attached to an aromatic ring is 1. The maximum Gasteiger partial charge on any atom is 0.341 e. The van der Waals surface area contributed by atoms with Gasteiger partial charge in [0.15, 0.2) is 17.3 Å². The number of aromatic nitrogens is 1. The Bertz CT molecular complexity index is 1110. The van der Waals surface area contributed by atoms with Crippen LogP contribution >= 0.6 is 0 Å². The average molecular weight is 394 g/mol. The number of carbonyl (C=O) groups is 2. The smallest absolute Gasteiger partial charge is 0.341 e. The van der Waals surface area contributed by atoms with E-state index in [4.69, 9.17) is 25.7 Å². The lowest BCUT2D eigenvalue weighted by Gasteiger charge is -2.22. The van der Waals surface area contributed by atoms with Gasteiger partial charge in [-0.15, -0.1) is 0 Å². The number of benzene rings is 2. The second-order valence-electron chi connectivity index (χ2n) is 6.24. The fourth-order valence-electron chi connectivity index (χ4n) is 3.06. The number of hydrogen-bond donors (Lipinski definition) is 2. The molecule has 4 N–H and O–H groups in total. The van der Waals surface area contributed by atoms with E-state index in [0.29, 0.717) is 33.8 Å². The number of primary amides is 1. The number of anilines is 3. The number of nitrogens with two attached hydrogens (primary N) is 2. The highest BCUT2D eigenvalue weighted by molar-refractivity contribution is 6.07. The number of hydrogen-bond acceptors (Lipinski definition) is 7. The van der Waals surface area contributed by atoms with Gasteiger partial charge in [-0.2, -0.15) is 0 Å². The van der Waals surface area contributed by atoms with Gasteiger partial charge in [0.1, 0.15) is 5.56 Å². The molecule has 0 radical (unpaired) electrons. The highest BCUT2D eigenvalue weighted by atomic mass is 16.7. The highest BCUT2D eigenvalue weighted by Crippen LogP contribution is 2.38. The van der Waals surface area contributed by atoms with Crippen LogP contribution in [0.4, 0.5) is 22.0 Å². The number of fused-ring (bicyclic) bond motifs is 2. The van der Waals surface area contributed by atoms with Crippen molar-refractivity contribution in [2.75, 3.05) is 24.0 Å². The Morgan fingerprint density at radius 3 is 2.48 bits per heavy atom. The van der Waals surface area contributed by atoms with E-state index < -0.39 is 12.0 Å². The van der Waals surface area contributed by atoms with Crippen LogP contribution in [0.3, 0.4) is 0 Å². The Morgan fingerprint density at radius 2 is 1.83 bits per heavy atom. The molecule has 2 amide bonds. The SMILES string of the molecule is CCOC(=O)c1cc2cc3c(cc2nc1N(C(N)=O)c1ccc(N)cc1)OCO3. The minimum Gasteiger partial charge on any atom is -0.462 e. The lowest BCUT2D eigenvalue weighted by molar-refractivity contribution is 0.0527. The van der Waals surface area contributed by atoms with Crippen molar-refractivity contribution in [2.24, 2.45) is 5.73 Å². The second-order valence-corrected chi connectivity index (χ2v) is 6.24. The number of nitrogens with zero attached hydrogens (tertiary/aromatic N) is 2. The van der Waals surface area contributed by atoms with Gasteiger partial charge in [0.05, 0.1) is 17.8 Å². The summed E-state index contributed by atoms with van der Waals surface area (Å²) in [7, 11) is 0. The molecule has 0 saturated heterocycles. The molecule has 1 aromatic heterocycles. The molecule has 0 unspecified atom stereocenters. The van der Waals surface area contributed by atoms with E-state index in [2.05, 4.69) is 4.98 Å². The Labute approximate surface area is 165 Å². The zero-order valence-corrected chi connectivity index (χ0v) is 15.5. The first-order chi connectivity index (χ1) is 14.0. The zero-order chi connectivity index (χ0) is 20.5. The van der Waals surface area contributed by atoms with Crippen LogP contribution in [-0.4, -0.2) is 30.4 Å². The summed E-state index contributed by atoms with van der Waals surface area (Å²) >= 11 is 0. The number of urea groups is 1. The van der Waals surface area contributed by atoms with Crippen LogP contribution in [0.2, 0.25) is 0 Å².